The molecule has 0 unspecified atom stereocenters. The summed E-state index contributed by atoms with van der Waals surface area (Å²) in [4.78, 5) is 0. The van der Waals surface area contributed by atoms with E-state index in [1.165, 1.54) is 16.7 Å². The third-order valence-electron chi connectivity index (χ3n) is 3.12. The minimum absolute atomic E-state index is 0.152. The number of nitrogens with one attached hydrogen (secondary N) is 1. The Morgan fingerprint density at radius 1 is 1.26 bits per heavy atom. The summed E-state index contributed by atoms with van der Waals surface area (Å²) in [5.74, 6) is 0.985. The van der Waals surface area contributed by atoms with E-state index in [0.717, 1.165) is 25.0 Å². The van der Waals surface area contributed by atoms with Gasteiger partial charge in [0.15, 0.2) is 0 Å². The van der Waals surface area contributed by atoms with Crippen LogP contribution in [0.4, 0.5) is 13.2 Å². The van der Waals surface area contributed by atoms with Gasteiger partial charge in [-0.25, -0.2) is 0 Å². The third-order valence-corrected chi connectivity index (χ3v) is 3.12. The fourth-order valence-corrected chi connectivity index (χ4v) is 1.95. The summed E-state index contributed by atoms with van der Waals surface area (Å²) in [7, 11) is 0. The van der Waals surface area contributed by atoms with Crippen molar-refractivity contribution >= 4 is 0 Å². The molecule has 0 saturated heterocycles. The molecular formula is C13H11F3N2O. The molecule has 2 aromatic rings. The van der Waals surface area contributed by atoms with Crippen LogP contribution in [0.25, 0.3) is 5.69 Å². The summed E-state index contributed by atoms with van der Waals surface area (Å²) in [5.41, 5.74) is -0.595. The minimum atomic E-state index is -4.39. The van der Waals surface area contributed by atoms with Gasteiger partial charge in [-0.05, 0) is 31.0 Å². The van der Waals surface area contributed by atoms with Crippen molar-refractivity contribution in [1.29, 1.82) is 5.41 Å². The molecule has 1 N–H and O–H groups in total. The van der Waals surface area contributed by atoms with Gasteiger partial charge in [0.2, 0.25) is 0 Å². The van der Waals surface area contributed by atoms with E-state index in [0.29, 0.717) is 11.7 Å². The van der Waals surface area contributed by atoms with E-state index in [9.17, 15) is 13.2 Å². The van der Waals surface area contributed by atoms with E-state index in [4.69, 9.17) is 9.83 Å². The molecule has 0 amide bonds. The maximum absolute atomic E-state index is 12.6. The average molecular weight is 268 g/mol. The summed E-state index contributed by atoms with van der Waals surface area (Å²) in [6, 6.07) is 4.88. The summed E-state index contributed by atoms with van der Waals surface area (Å²) in [5, 5.41) is 7.69. The smallest absolute Gasteiger partial charge is 0.416 e. The normalized spacial score (nSPS) is 15.7. The molecule has 0 spiro atoms. The highest BCUT2D eigenvalue weighted by molar-refractivity contribution is 5.37. The Hall–Kier alpha value is -1.98. The second kappa shape index (κ2) is 4.01. The third kappa shape index (κ3) is 2.30. The lowest BCUT2D eigenvalue weighted by atomic mass is 10.2. The Bertz CT molecular complexity index is 665. The zero-order chi connectivity index (χ0) is 13.6. The fraction of sp³-hybridized carbons (Fsp3) is 0.308. The SMILES string of the molecule is N=c1oc(C2CC2)cn1-c1cccc(C(F)(F)F)c1. The van der Waals surface area contributed by atoms with Crippen molar-refractivity contribution in [1.82, 2.24) is 4.57 Å². The van der Waals surface area contributed by atoms with Gasteiger partial charge < -0.3 is 4.42 Å². The van der Waals surface area contributed by atoms with Crippen LogP contribution < -0.4 is 5.68 Å². The highest BCUT2D eigenvalue weighted by Gasteiger charge is 2.31. The van der Waals surface area contributed by atoms with Crippen LogP contribution in [0, 0.1) is 5.41 Å². The zero-order valence-corrected chi connectivity index (χ0v) is 9.87. The molecule has 3 nitrogen and oxygen atoms in total. The summed E-state index contributed by atoms with van der Waals surface area (Å²) < 4.78 is 44.5. The van der Waals surface area contributed by atoms with Gasteiger partial charge in [-0.2, -0.15) is 13.2 Å². The lowest BCUT2D eigenvalue weighted by molar-refractivity contribution is -0.137. The van der Waals surface area contributed by atoms with Gasteiger partial charge in [-0.15, -0.1) is 0 Å². The van der Waals surface area contributed by atoms with E-state index in [-0.39, 0.29) is 11.4 Å². The summed E-state index contributed by atoms with van der Waals surface area (Å²) >= 11 is 0. The first-order chi connectivity index (χ1) is 8.95. The topological polar surface area (TPSA) is 41.9 Å². The number of hydrogen-bond acceptors (Lipinski definition) is 2. The standard InChI is InChI=1S/C13H11F3N2O/c14-13(15,16)9-2-1-3-10(6-9)18-7-11(8-4-5-8)19-12(18)17/h1-3,6-8,17H,4-5H2. The lowest BCUT2D eigenvalue weighted by Gasteiger charge is -2.08. The highest BCUT2D eigenvalue weighted by Crippen LogP contribution is 2.39. The maximum atomic E-state index is 12.6. The van der Waals surface area contributed by atoms with Crippen LogP contribution in [0.15, 0.2) is 34.9 Å². The van der Waals surface area contributed by atoms with Gasteiger partial charge in [-0.1, -0.05) is 6.07 Å². The van der Waals surface area contributed by atoms with Crippen LogP contribution in [-0.2, 0) is 6.18 Å². The molecule has 6 heteroatoms. The average Bonchev–Trinajstić information content (AvgIpc) is 3.12. The van der Waals surface area contributed by atoms with Crippen LogP contribution in [0.1, 0.15) is 30.1 Å². The zero-order valence-electron chi connectivity index (χ0n) is 9.87. The molecule has 1 heterocycles. The van der Waals surface area contributed by atoms with E-state index < -0.39 is 11.7 Å². The van der Waals surface area contributed by atoms with Crippen LogP contribution in [0.5, 0.6) is 0 Å². The van der Waals surface area contributed by atoms with Gasteiger partial charge in [0.05, 0.1) is 17.4 Å². The van der Waals surface area contributed by atoms with Gasteiger partial charge in [-0.3, -0.25) is 9.98 Å². The van der Waals surface area contributed by atoms with Crippen molar-refractivity contribution in [3.8, 4) is 5.69 Å². The Morgan fingerprint density at radius 2 is 2.00 bits per heavy atom. The molecule has 1 fully saturated rings. The van der Waals surface area contributed by atoms with Crippen LogP contribution in [0.2, 0.25) is 0 Å². The van der Waals surface area contributed by atoms with Crippen molar-refractivity contribution in [2.45, 2.75) is 24.9 Å². The Labute approximate surface area is 106 Å². The molecule has 1 aliphatic rings. The Balaban J connectivity index is 2.04. The minimum Gasteiger partial charge on any atom is -0.428 e. The second-order valence-corrected chi connectivity index (χ2v) is 4.63. The summed E-state index contributed by atoms with van der Waals surface area (Å²) in [6.07, 6.45) is -0.762. The lowest BCUT2D eigenvalue weighted by Crippen LogP contribution is -2.12. The van der Waals surface area contributed by atoms with Gasteiger partial charge in [0.25, 0.3) is 5.68 Å². The number of halogens is 3. The number of benzene rings is 1. The van der Waals surface area contributed by atoms with Crippen LogP contribution >= 0.6 is 0 Å². The van der Waals surface area contributed by atoms with Crippen molar-refractivity contribution in [3.05, 3.63) is 47.5 Å². The highest BCUT2D eigenvalue weighted by atomic mass is 19.4. The molecule has 19 heavy (non-hydrogen) atoms. The van der Waals surface area contributed by atoms with Crippen molar-refractivity contribution in [2.75, 3.05) is 0 Å². The molecule has 100 valence electrons. The molecule has 1 aromatic heterocycles. The van der Waals surface area contributed by atoms with Crippen molar-refractivity contribution < 1.29 is 17.6 Å². The molecule has 0 aliphatic heterocycles. The van der Waals surface area contributed by atoms with E-state index in [2.05, 4.69) is 0 Å². The van der Waals surface area contributed by atoms with Crippen molar-refractivity contribution in [2.24, 2.45) is 0 Å². The van der Waals surface area contributed by atoms with Gasteiger partial charge >= 0.3 is 6.18 Å². The molecule has 0 radical (unpaired) electrons. The molecule has 1 aliphatic carbocycles. The van der Waals surface area contributed by atoms with Crippen molar-refractivity contribution in [3.63, 3.8) is 0 Å². The predicted octanol–water partition coefficient (Wildman–Crippen LogP) is 3.45. The van der Waals surface area contributed by atoms with E-state index >= 15 is 0 Å². The van der Waals surface area contributed by atoms with Gasteiger partial charge in [0.1, 0.15) is 5.76 Å². The molecular weight excluding hydrogens is 257 g/mol. The Kier molecular flexibility index (Phi) is 2.55. The monoisotopic (exact) mass is 268 g/mol. The molecule has 0 bridgehead atoms. The summed E-state index contributed by atoms with van der Waals surface area (Å²) in [6.45, 7) is 0. The number of rotatable bonds is 2. The maximum Gasteiger partial charge on any atom is 0.416 e. The molecule has 0 atom stereocenters. The number of aromatic nitrogens is 1. The van der Waals surface area contributed by atoms with E-state index in [1.54, 1.807) is 6.20 Å². The predicted molar refractivity (Wildman–Crippen MR) is 60.9 cm³/mol. The largest absolute Gasteiger partial charge is 0.428 e. The molecule has 1 aromatic carbocycles. The van der Waals surface area contributed by atoms with E-state index in [1.807, 2.05) is 0 Å². The number of nitrogens with zero attached hydrogens (tertiary/aromatic N) is 1. The first kappa shape index (κ1) is 12.1. The van der Waals surface area contributed by atoms with Crippen LogP contribution in [-0.4, -0.2) is 4.57 Å². The van der Waals surface area contributed by atoms with Crippen LogP contribution in [0.3, 0.4) is 0 Å². The fourth-order valence-electron chi connectivity index (χ4n) is 1.95. The number of oxazole rings is 1. The first-order valence-corrected chi connectivity index (χ1v) is 5.90. The van der Waals surface area contributed by atoms with Gasteiger partial charge in [0, 0.05) is 5.92 Å². The first-order valence-electron chi connectivity index (χ1n) is 5.90. The molecule has 1 saturated carbocycles. The number of hydrogen-bond donors (Lipinski definition) is 1. The second-order valence-electron chi connectivity index (χ2n) is 4.63. The Morgan fingerprint density at radius 3 is 2.63 bits per heavy atom. The quantitative estimate of drug-likeness (QED) is 0.890. The number of alkyl halides is 3. The molecule has 3 rings (SSSR count).